The third-order valence-corrected chi connectivity index (χ3v) is 8.85. The van der Waals surface area contributed by atoms with Gasteiger partial charge in [-0.05, 0) is 31.4 Å². The number of anilines is 1. The summed E-state index contributed by atoms with van der Waals surface area (Å²) in [6.07, 6.45) is 8.24. The van der Waals surface area contributed by atoms with E-state index in [1.165, 1.54) is 4.90 Å². The second-order valence-corrected chi connectivity index (χ2v) is 11.6. The van der Waals surface area contributed by atoms with Crippen molar-refractivity contribution in [1.82, 2.24) is 9.80 Å². The maximum absolute atomic E-state index is 14.5. The lowest BCUT2D eigenvalue weighted by molar-refractivity contribution is -0.152. The number of hydrogen-bond donors (Lipinski definition) is 1. The zero-order chi connectivity index (χ0) is 27.4. The number of ether oxygens (including phenoxy) is 1. The highest BCUT2D eigenvalue weighted by molar-refractivity contribution is 6.34. The first kappa shape index (κ1) is 26.9. The molecule has 9 heteroatoms. The van der Waals surface area contributed by atoms with Gasteiger partial charge in [0.05, 0.1) is 40.8 Å². The van der Waals surface area contributed by atoms with Crippen LogP contribution in [0.25, 0.3) is 0 Å². The molecule has 1 aromatic carbocycles. The minimum atomic E-state index is -1.37. The van der Waals surface area contributed by atoms with Gasteiger partial charge in [0.1, 0.15) is 11.6 Å². The van der Waals surface area contributed by atoms with Crippen LogP contribution >= 0.6 is 11.6 Å². The Labute approximate surface area is 228 Å². The van der Waals surface area contributed by atoms with Crippen LogP contribution in [0.3, 0.4) is 0 Å². The van der Waals surface area contributed by atoms with Crippen LogP contribution in [0, 0.1) is 17.8 Å². The van der Waals surface area contributed by atoms with Crippen molar-refractivity contribution in [2.75, 3.05) is 31.1 Å². The molecule has 1 unspecified atom stereocenters. The standard InChI is InChI=1S/C29H36ClN3O5/c1-5-14-31-15-8-12-28(4)22(25(31)35)23-26(36)33(21(17-34)18(2)3)24-27(37)32(16-9-13-29(23,24)38-28)20-11-7-6-10-19(20)30/h6-13,18,21-24,34H,5,14-17H2,1-4H3/t21-,22+,23-,24?,28-,29-/m0/s1. The predicted octanol–water partition coefficient (Wildman–Crippen LogP) is 3.04. The Morgan fingerprint density at radius 2 is 1.76 bits per heavy atom. The summed E-state index contributed by atoms with van der Waals surface area (Å²) in [6.45, 7) is 8.60. The molecule has 0 aliphatic carbocycles. The van der Waals surface area contributed by atoms with Gasteiger partial charge in [0.2, 0.25) is 11.8 Å². The number of carbonyl (C=O) groups excluding carboxylic acids is 3. The zero-order valence-corrected chi connectivity index (χ0v) is 23.1. The van der Waals surface area contributed by atoms with Gasteiger partial charge in [0, 0.05) is 19.6 Å². The Morgan fingerprint density at radius 3 is 2.42 bits per heavy atom. The van der Waals surface area contributed by atoms with Crippen molar-refractivity contribution in [3.8, 4) is 0 Å². The molecule has 2 saturated heterocycles. The number of aliphatic hydroxyl groups is 1. The molecule has 8 nitrogen and oxygen atoms in total. The molecule has 1 N–H and O–H groups in total. The van der Waals surface area contributed by atoms with Crippen molar-refractivity contribution in [3.05, 3.63) is 53.6 Å². The highest BCUT2D eigenvalue weighted by Gasteiger charge is 2.75. The maximum Gasteiger partial charge on any atom is 0.253 e. The summed E-state index contributed by atoms with van der Waals surface area (Å²) in [4.78, 5) is 47.8. The number of benzene rings is 1. The molecular weight excluding hydrogens is 506 g/mol. The molecule has 6 atom stereocenters. The van der Waals surface area contributed by atoms with Gasteiger partial charge in [-0.15, -0.1) is 0 Å². The summed E-state index contributed by atoms with van der Waals surface area (Å²) < 4.78 is 6.84. The Balaban J connectivity index is 1.69. The molecule has 4 aliphatic heterocycles. The summed E-state index contributed by atoms with van der Waals surface area (Å²) in [6, 6.07) is 5.39. The first-order chi connectivity index (χ1) is 18.1. The third kappa shape index (κ3) is 3.83. The topological polar surface area (TPSA) is 90.4 Å². The second kappa shape index (κ2) is 9.81. The molecule has 3 amide bonds. The molecule has 0 saturated carbocycles. The Morgan fingerprint density at radius 1 is 1.05 bits per heavy atom. The average molecular weight is 542 g/mol. The number of halogens is 1. The Kier molecular flexibility index (Phi) is 6.95. The fourth-order valence-electron chi connectivity index (χ4n) is 6.85. The van der Waals surface area contributed by atoms with E-state index in [0.29, 0.717) is 23.8 Å². The van der Waals surface area contributed by atoms with E-state index in [1.54, 1.807) is 34.1 Å². The van der Waals surface area contributed by atoms with Crippen LogP contribution in [-0.4, -0.2) is 82.2 Å². The van der Waals surface area contributed by atoms with Gasteiger partial charge in [-0.2, -0.15) is 0 Å². The van der Waals surface area contributed by atoms with Gasteiger partial charge in [-0.1, -0.05) is 68.8 Å². The van der Waals surface area contributed by atoms with Crippen LogP contribution in [0.4, 0.5) is 5.69 Å². The SMILES string of the molecule is CCCN1CC=C[C@]2(C)O[C@]34C=CCN(c5ccccc5Cl)C(=O)C3N([C@@H](CO)C(C)C)C(=O)[C@@H]4[C@@H]2C1=O. The predicted molar refractivity (Wildman–Crippen MR) is 145 cm³/mol. The molecule has 0 bridgehead atoms. The van der Waals surface area contributed by atoms with Crippen molar-refractivity contribution >= 4 is 35.0 Å². The lowest BCUT2D eigenvalue weighted by atomic mass is 9.74. The monoisotopic (exact) mass is 541 g/mol. The number of nitrogens with zero attached hydrogens (tertiary/aromatic N) is 3. The van der Waals surface area contributed by atoms with E-state index in [-0.39, 0.29) is 36.8 Å². The van der Waals surface area contributed by atoms with Gasteiger partial charge < -0.3 is 24.5 Å². The quantitative estimate of drug-likeness (QED) is 0.559. The molecule has 5 rings (SSSR count). The summed E-state index contributed by atoms with van der Waals surface area (Å²) >= 11 is 6.51. The molecule has 1 aromatic rings. The summed E-state index contributed by atoms with van der Waals surface area (Å²) in [5.41, 5.74) is -1.91. The smallest absolute Gasteiger partial charge is 0.253 e. The minimum absolute atomic E-state index is 0.138. The first-order valence-corrected chi connectivity index (χ1v) is 13.8. The molecule has 4 aliphatic rings. The maximum atomic E-state index is 14.5. The number of likely N-dealkylation sites (tertiary alicyclic amines) is 1. The average Bonchev–Trinajstić information content (AvgIpc) is 3.14. The van der Waals surface area contributed by atoms with E-state index in [0.717, 1.165) is 6.42 Å². The molecule has 0 aromatic heterocycles. The summed E-state index contributed by atoms with van der Waals surface area (Å²) in [5, 5.41) is 10.8. The van der Waals surface area contributed by atoms with E-state index < -0.39 is 35.1 Å². The highest BCUT2D eigenvalue weighted by atomic mass is 35.5. The number of aliphatic hydroxyl groups excluding tert-OH is 1. The number of fused-ring (bicyclic) bond motifs is 2. The summed E-state index contributed by atoms with van der Waals surface area (Å²) in [7, 11) is 0. The van der Waals surface area contributed by atoms with E-state index in [4.69, 9.17) is 16.3 Å². The Bertz CT molecular complexity index is 1200. The van der Waals surface area contributed by atoms with Gasteiger partial charge in [0.25, 0.3) is 5.91 Å². The van der Waals surface area contributed by atoms with Crippen molar-refractivity contribution < 1.29 is 24.2 Å². The van der Waals surface area contributed by atoms with E-state index >= 15 is 0 Å². The van der Waals surface area contributed by atoms with Gasteiger partial charge in [0.15, 0.2) is 0 Å². The van der Waals surface area contributed by atoms with Crippen LogP contribution in [0.2, 0.25) is 5.02 Å². The van der Waals surface area contributed by atoms with Crippen molar-refractivity contribution in [3.63, 3.8) is 0 Å². The molecule has 4 heterocycles. The largest absolute Gasteiger partial charge is 0.394 e. The van der Waals surface area contributed by atoms with Gasteiger partial charge in [-0.3, -0.25) is 14.4 Å². The number of hydrogen-bond acceptors (Lipinski definition) is 5. The van der Waals surface area contributed by atoms with Gasteiger partial charge >= 0.3 is 0 Å². The molecule has 2 fully saturated rings. The molecule has 38 heavy (non-hydrogen) atoms. The van der Waals surface area contributed by atoms with E-state index in [9.17, 15) is 19.5 Å². The fourth-order valence-corrected chi connectivity index (χ4v) is 7.08. The van der Waals surface area contributed by atoms with Crippen LogP contribution in [0.1, 0.15) is 34.1 Å². The number of amides is 3. The minimum Gasteiger partial charge on any atom is -0.394 e. The number of carbonyl (C=O) groups is 3. The highest BCUT2D eigenvalue weighted by Crippen LogP contribution is 2.58. The lowest BCUT2D eigenvalue weighted by Gasteiger charge is -2.41. The van der Waals surface area contributed by atoms with Gasteiger partial charge in [-0.25, -0.2) is 0 Å². The number of para-hydroxylation sites is 1. The van der Waals surface area contributed by atoms with Crippen molar-refractivity contribution in [2.45, 2.75) is 57.4 Å². The fraction of sp³-hybridized carbons (Fsp3) is 0.552. The molecular formula is C29H36ClN3O5. The first-order valence-electron chi connectivity index (χ1n) is 13.4. The lowest BCUT2D eigenvalue weighted by Crippen LogP contribution is -2.59. The Hall–Kier alpha value is -2.68. The normalized spacial score (nSPS) is 33.4. The van der Waals surface area contributed by atoms with E-state index in [1.807, 2.05) is 52.0 Å². The van der Waals surface area contributed by atoms with E-state index in [2.05, 4.69) is 0 Å². The molecule has 204 valence electrons. The van der Waals surface area contributed by atoms with Crippen molar-refractivity contribution in [1.29, 1.82) is 0 Å². The molecule has 1 spiro atoms. The van der Waals surface area contributed by atoms with Crippen molar-refractivity contribution in [2.24, 2.45) is 17.8 Å². The zero-order valence-electron chi connectivity index (χ0n) is 22.3. The second-order valence-electron chi connectivity index (χ2n) is 11.2. The number of rotatable bonds is 6. The van der Waals surface area contributed by atoms with Crippen LogP contribution in [-0.2, 0) is 19.1 Å². The van der Waals surface area contributed by atoms with Crippen LogP contribution < -0.4 is 4.90 Å². The summed E-state index contributed by atoms with van der Waals surface area (Å²) in [5.74, 6) is -2.68. The third-order valence-electron chi connectivity index (χ3n) is 8.53. The van der Waals surface area contributed by atoms with Crippen LogP contribution in [0.15, 0.2) is 48.6 Å². The van der Waals surface area contributed by atoms with Crippen LogP contribution in [0.5, 0.6) is 0 Å². The molecule has 0 radical (unpaired) electrons.